The van der Waals surface area contributed by atoms with Crippen LogP contribution >= 0.6 is 0 Å². The fourth-order valence-electron chi connectivity index (χ4n) is 4.47. The molecule has 2 aliphatic rings. The summed E-state index contributed by atoms with van der Waals surface area (Å²) in [5.74, 6) is -6.21. The lowest BCUT2D eigenvalue weighted by molar-refractivity contribution is 0.101. The number of nitrogens with zero attached hydrogens (tertiary/aromatic N) is 2. The van der Waals surface area contributed by atoms with Crippen LogP contribution in [-0.2, 0) is 0 Å². The van der Waals surface area contributed by atoms with Crippen molar-refractivity contribution in [2.45, 2.75) is 24.4 Å². The summed E-state index contributed by atoms with van der Waals surface area (Å²) in [4.78, 5) is 25.1. The van der Waals surface area contributed by atoms with Crippen molar-refractivity contribution in [2.75, 3.05) is 24.5 Å². The minimum atomic E-state index is -3.18. The van der Waals surface area contributed by atoms with Crippen molar-refractivity contribution in [1.29, 1.82) is 0 Å². The first kappa shape index (κ1) is 22.2. The number of pyridine rings is 1. The zero-order chi connectivity index (χ0) is 24.2. The number of rotatable bonds is 4. The number of carboxylic acid groups (broad SMARTS) is 1. The van der Waals surface area contributed by atoms with Gasteiger partial charge < -0.3 is 24.6 Å². The molecular formula is C23H19F4N3O4. The van der Waals surface area contributed by atoms with E-state index in [9.17, 15) is 18.4 Å². The smallest absolute Gasteiger partial charge is 0.449 e. The first-order valence-electron chi connectivity index (χ1n) is 10.6. The Morgan fingerprint density at radius 1 is 1.21 bits per heavy atom. The first-order chi connectivity index (χ1) is 16.2. The summed E-state index contributed by atoms with van der Waals surface area (Å²) in [5, 5.41) is 11.6. The van der Waals surface area contributed by atoms with Crippen molar-refractivity contribution >= 4 is 22.7 Å². The van der Waals surface area contributed by atoms with Gasteiger partial charge in [-0.1, -0.05) is 30.3 Å². The molecule has 1 saturated heterocycles. The topological polar surface area (TPSA) is 83.8 Å². The number of piperazine rings is 1. The van der Waals surface area contributed by atoms with Crippen LogP contribution in [0, 0.1) is 11.6 Å². The third kappa shape index (κ3) is 3.75. The molecule has 2 aromatic carbocycles. The zero-order valence-electron chi connectivity index (χ0n) is 17.6. The van der Waals surface area contributed by atoms with Crippen molar-refractivity contribution < 1.29 is 32.2 Å². The van der Waals surface area contributed by atoms with Gasteiger partial charge in [-0.05, 0) is 11.6 Å². The van der Waals surface area contributed by atoms with Gasteiger partial charge in [-0.3, -0.25) is 4.79 Å². The number of anilines is 1. The molecule has 3 aromatic rings. The molecular weight excluding hydrogens is 458 g/mol. The van der Waals surface area contributed by atoms with E-state index in [0.717, 1.165) is 22.4 Å². The van der Waals surface area contributed by atoms with Gasteiger partial charge in [-0.2, -0.15) is 0 Å². The molecule has 1 aliphatic heterocycles. The standard InChI is InChI=1S/C23H19F4N3O4/c24-14-8-13-19(30(17-9-23(17,26)27)11-16(21(13)31)34-22(32)33)18(25)20(14)29-7-6-28-15(10-29)12-4-2-1-3-5-12/h1-5,8,11,15,17,28H,6-7,9-10H2,(H,32,33). The van der Waals surface area contributed by atoms with Crippen molar-refractivity contribution in [1.82, 2.24) is 9.88 Å². The maximum Gasteiger partial charge on any atom is 0.511 e. The summed E-state index contributed by atoms with van der Waals surface area (Å²) >= 11 is 0. The maximum atomic E-state index is 15.9. The molecule has 0 bridgehead atoms. The van der Waals surface area contributed by atoms with Crippen LogP contribution in [-0.4, -0.2) is 41.4 Å². The fourth-order valence-corrected chi connectivity index (χ4v) is 4.47. The van der Waals surface area contributed by atoms with Gasteiger partial charge in [0, 0.05) is 32.1 Å². The summed E-state index contributed by atoms with van der Waals surface area (Å²) in [6.45, 7) is 0.857. The number of aromatic nitrogens is 1. The minimum absolute atomic E-state index is 0.202. The number of halogens is 4. The lowest BCUT2D eigenvalue weighted by Gasteiger charge is -2.36. The Hall–Kier alpha value is -3.60. The van der Waals surface area contributed by atoms with Crippen LogP contribution in [0.1, 0.15) is 24.1 Å². The number of fused-ring (bicyclic) bond motifs is 1. The number of hydrogen-bond donors (Lipinski definition) is 2. The summed E-state index contributed by atoms with van der Waals surface area (Å²) in [5.41, 5.74) is -1.14. The second kappa shape index (κ2) is 8.01. The molecule has 34 heavy (non-hydrogen) atoms. The van der Waals surface area contributed by atoms with Crippen LogP contribution in [0.4, 0.5) is 28.0 Å². The van der Waals surface area contributed by atoms with Crippen LogP contribution in [0.3, 0.4) is 0 Å². The van der Waals surface area contributed by atoms with E-state index in [1.54, 1.807) is 0 Å². The highest BCUT2D eigenvalue weighted by molar-refractivity contribution is 5.86. The van der Waals surface area contributed by atoms with Crippen LogP contribution in [0.15, 0.2) is 47.4 Å². The van der Waals surface area contributed by atoms with Crippen molar-refractivity contribution in [2.24, 2.45) is 0 Å². The van der Waals surface area contributed by atoms with Crippen LogP contribution < -0.4 is 20.4 Å². The lowest BCUT2D eigenvalue weighted by Crippen LogP contribution is -2.46. The second-order valence-corrected chi connectivity index (χ2v) is 8.36. The van der Waals surface area contributed by atoms with Crippen LogP contribution in [0.5, 0.6) is 5.75 Å². The Labute approximate surface area is 190 Å². The van der Waals surface area contributed by atoms with Gasteiger partial charge in [0.2, 0.25) is 5.43 Å². The molecule has 2 unspecified atom stereocenters. The molecule has 5 rings (SSSR count). The van der Waals surface area contributed by atoms with E-state index in [1.165, 1.54) is 4.90 Å². The van der Waals surface area contributed by atoms with Gasteiger partial charge in [0.1, 0.15) is 17.5 Å². The average molecular weight is 477 g/mol. The summed E-state index contributed by atoms with van der Waals surface area (Å²) in [7, 11) is 0. The summed E-state index contributed by atoms with van der Waals surface area (Å²) < 4.78 is 64.1. The van der Waals surface area contributed by atoms with E-state index in [-0.39, 0.29) is 19.1 Å². The first-order valence-corrected chi connectivity index (χ1v) is 10.6. The molecule has 2 atom stereocenters. The Kier molecular flexibility index (Phi) is 5.23. The second-order valence-electron chi connectivity index (χ2n) is 8.36. The predicted molar refractivity (Wildman–Crippen MR) is 115 cm³/mol. The fraction of sp³-hybridized carbons (Fsp3) is 0.304. The maximum absolute atomic E-state index is 15.9. The largest absolute Gasteiger partial charge is 0.511 e. The Morgan fingerprint density at radius 2 is 1.91 bits per heavy atom. The van der Waals surface area contributed by atoms with Crippen molar-refractivity contribution in [3.05, 3.63) is 70.0 Å². The highest BCUT2D eigenvalue weighted by Crippen LogP contribution is 2.54. The summed E-state index contributed by atoms with van der Waals surface area (Å²) in [6, 6.07) is 8.31. The molecule has 11 heteroatoms. The van der Waals surface area contributed by atoms with Gasteiger partial charge in [0.05, 0.1) is 17.1 Å². The predicted octanol–water partition coefficient (Wildman–Crippen LogP) is 4.07. The quantitative estimate of drug-likeness (QED) is 0.436. The van der Waals surface area contributed by atoms with Crippen molar-refractivity contribution in [3.63, 3.8) is 0 Å². The Bertz CT molecular complexity index is 1350. The highest BCUT2D eigenvalue weighted by atomic mass is 19.3. The van der Waals surface area contributed by atoms with Gasteiger partial charge in [-0.25, -0.2) is 22.4 Å². The Balaban J connectivity index is 1.65. The number of hydrogen-bond acceptors (Lipinski definition) is 5. The summed E-state index contributed by atoms with van der Waals surface area (Å²) in [6.07, 6.45) is -1.73. The lowest BCUT2D eigenvalue weighted by atomic mass is 10.0. The van der Waals surface area contributed by atoms with Crippen LogP contribution in [0.2, 0.25) is 0 Å². The molecule has 1 saturated carbocycles. The molecule has 1 aromatic heterocycles. The van der Waals surface area contributed by atoms with E-state index < -0.39 is 63.9 Å². The number of benzene rings is 2. The van der Waals surface area contributed by atoms with E-state index in [1.807, 2.05) is 30.3 Å². The van der Waals surface area contributed by atoms with Gasteiger partial charge in [0.15, 0.2) is 11.6 Å². The average Bonchev–Trinajstić information content (AvgIpc) is 3.44. The Morgan fingerprint density at radius 3 is 2.56 bits per heavy atom. The third-order valence-corrected chi connectivity index (χ3v) is 6.17. The number of carbonyl (C=O) groups is 1. The molecule has 0 radical (unpaired) electrons. The van der Waals surface area contributed by atoms with E-state index in [0.29, 0.717) is 6.54 Å². The zero-order valence-corrected chi connectivity index (χ0v) is 17.6. The molecule has 2 heterocycles. The number of alkyl halides is 2. The molecule has 0 amide bonds. The molecule has 178 valence electrons. The van der Waals surface area contributed by atoms with E-state index >= 15 is 8.78 Å². The van der Waals surface area contributed by atoms with Gasteiger partial charge in [-0.15, -0.1) is 0 Å². The normalized spacial score (nSPS) is 21.5. The number of ether oxygens (including phenoxy) is 1. The monoisotopic (exact) mass is 477 g/mol. The van der Waals surface area contributed by atoms with E-state index in [4.69, 9.17) is 5.11 Å². The van der Waals surface area contributed by atoms with Crippen molar-refractivity contribution in [3.8, 4) is 5.75 Å². The molecule has 2 N–H and O–H groups in total. The minimum Gasteiger partial charge on any atom is -0.449 e. The molecule has 2 fully saturated rings. The molecule has 7 nitrogen and oxygen atoms in total. The van der Waals surface area contributed by atoms with Gasteiger partial charge in [0.25, 0.3) is 5.92 Å². The SMILES string of the molecule is O=C(O)Oc1cn(C2CC2(F)F)c2c(F)c(N3CCNC(c4ccccc4)C3)c(F)cc2c1=O. The van der Waals surface area contributed by atoms with Gasteiger partial charge >= 0.3 is 6.16 Å². The molecule has 0 spiro atoms. The third-order valence-electron chi connectivity index (χ3n) is 6.17. The number of nitrogens with one attached hydrogen (secondary N) is 1. The van der Waals surface area contributed by atoms with E-state index in [2.05, 4.69) is 10.1 Å². The van der Waals surface area contributed by atoms with Crippen LogP contribution in [0.25, 0.3) is 10.9 Å². The molecule has 1 aliphatic carbocycles. The highest BCUT2D eigenvalue weighted by Gasteiger charge is 2.59.